The largest absolute Gasteiger partial charge is 0.490 e. The lowest BCUT2D eigenvalue weighted by Gasteiger charge is -2.25. The van der Waals surface area contributed by atoms with Crippen LogP contribution in [0.1, 0.15) is 25.0 Å². The van der Waals surface area contributed by atoms with Crippen LogP contribution in [0.15, 0.2) is 30.4 Å². The molecule has 0 spiro atoms. The van der Waals surface area contributed by atoms with E-state index in [0.29, 0.717) is 36.7 Å². The summed E-state index contributed by atoms with van der Waals surface area (Å²) in [7, 11) is 1.52. The van der Waals surface area contributed by atoms with Gasteiger partial charge >= 0.3 is 0 Å². The van der Waals surface area contributed by atoms with Gasteiger partial charge in [0.05, 0.1) is 13.2 Å². The molecule has 0 radical (unpaired) electrons. The van der Waals surface area contributed by atoms with Crippen LogP contribution in [0.4, 0.5) is 0 Å². The standard InChI is InChI=1S/C19H22N2O4S/c1-5-8-13-9-12(11-15(24-6-2)16(13)25-7-3)10-14-17(22)20-19(26)21(4)18(14)23/h5,9-11H,1,6-8H2,2-4H3,(H,20,22,26)/b14-10+. The van der Waals surface area contributed by atoms with Crippen molar-refractivity contribution in [1.29, 1.82) is 0 Å². The van der Waals surface area contributed by atoms with Crippen molar-refractivity contribution >= 4 is 35.2 Å². The van der Waals surface area contributed by atoms with Crippen LogP contribution in [-0.4, -0.2) is 42.1 Å². The van der Waals surface area contributed by atoms with Crippen LogP contribution < -0.4 is 14.8 Å². The average molecular weight is 374 g/mol. The van der Waals surface area contributed by atoms with Gasteiger partial charge < -0.3 is 9.47 Å². The van der Waals surface area contributed by atoms with Gasteiger partial charge in [0.15, 0.2) is 16.6 Å². The van der Waals surface area contributed by atoms with Crippen molar-refractivity contribution in [1.82, 2.24) is 10.2 Å². The average Bonchev–Trinajstić information content (AvgIpc) is 2.60. The third kappa shape index (κ3) is 4.11. The molecule has 1 aromatic rings. The Morgan fingerprint density at radius 1 is 1.23 bits per heavy atom. The number of benzene rings is 1. The number of nitrogens with one attached hydrogen (secondary N) is 1. The van der Waals surface area contributed by atoms with Crippen LogP contribution in [-0.2, 0) is 16.0 Å². The second-order valence-corrected chi connectivity index (χ2v) is 5.93. The van der Waals surface area contributed by atoms with E-state index in [1.807, 2.05) is 19.9 Å². The molecule has 6 nitrogen and oxygen atoms in total. The first-order valence-corrected chi connectivity index (χ1v) is 8.72. The molecule has 0 aromatic heterocycles. The zero-order valence-corrected chi connectivity index (χ0v) is 15.9. The monoisotopic (exact) mass is 374 g/mol. The zero-order valence-electron chi connectivity index (χ0n) is 15.1. The summed E-state index contributed by atoms with van der Waals surface area (Å²) in [5.41, 5.74) is 1.54. The van der Waals surface area contributed by atoms with E-state index in [0.717, 1.165) is 5.56 Å². The summed E-state index contributed by atoms with van der Waals surface area (Å²) in [6.07, 6.45) is 3.85. The number of hydrogen-bond donors (Lipinski definition) is 1. The van der Waals surface area contributed by atoms with Gasteiger partial charge in [-0.3, -0.25) is 19.8 Å². The van der Waals surface area contributed by atoms with Gasteiger partial charge in [0.1, 0.15) is 5.57 Å². The molecule has 0 unspecified atom stereocenters. The minimum absolute atomic E-state index is 0.0114. The van der Waals surface area contributed by atoms with Crippen molar-refractivity contribution in [3.8, 4) is 11.5 Å². The number of likely N-dealkylation sites (N-methyl/N-ethyl adjacent to an activating group) is 1. The maximum Gasteiger partial charge on any atom is 0.265 e. The molecular formula is C19H22N2O4S. The Labute approximate surface area is 158 Å². The minimum Gasteiger partial charge on any atom is -0.490 e. The molecule has 1 heterocycles. The van der Waals surface area contributed by atoms with Crippen molar-refractivity contribution in [2.75, 3.05) is 20.3 Å². The lowest BCUT2D eigenvalue weighted by Crippen LogP contribution is -2.52. The lowest BCUT2D eigenvalue weighted by molar-refractivity contribution is -0.128. The summed E-state index contributed by atoms with van der Waals surface area (Å²) in [5, 5.41) is 2.59. The third-order valence-corrected chi connectivity index (χ3v) is 4.10. The molecule has 138 valence electrons. The smallest absolute Gasteiger partial charge is 0.265 e. The first kappa shape index (κ1) is 19.7. The highest BCUT2D eigenvalue weighted by molar-refractivity contribution is 7.80. The number of hydrogen-bond acceptors (Lipinski definition) is 5. The number of nitrogens with zero attached hydrogens (tertiary/aromatic N) is 1. The number of ether oxygens (including phenoxy) is 2. The lowest BCUT2D eigenvalue weighted by atomic mass is 10.0. The topological polar surface area (TPSA) is 67.9 Å². The molecule has 0 saturated carbocycles. The Morgan fingerprint density at radius 2 is 1.92 bits per heavy atom. The van der Waals surface area contributed by atoms with Crippen LogP contribution in [0.5, 0.6) is 11.5 Å². The van der Waals surface area contributed by atoms with Gasteiger partial charge in [-0.05, 0) is 56.3 Å². The predicted octanol–water partition coefficient (Wildman–Crippen LogP) is 2.47. The van der Waals surface area contributed by atoms with Gasteiger partial charge in [-0.1, -0.05) is 6.08 Å². The molecule has 26 heavy (non-hydrogen) atoms. The van der Waals surface area contributed by atoms with Crippen LogP contribution in [0, 0.1) is 0 Å². The van der Waals surface area contributed by atoms with Crippen molar-refractivity contribution in [3.05, 3.63) is 41.5 Å². The number of thiocarbonyl (C=S) groups is 1. The molecule has 0 atom stereocenters. The molecule has 2 amide bonds. The summed E-state index contributed by atoms with van der Waals surface area (Å²) in [6.45, 7) is 8.50. The Kier molecular flexibility index (Phi) is 6.52. The highest BCUT2D eigenvalue weighted by Crippen LogP contribution is 2.35. The summed E-state index contributed by atoms with van der Waals surface area (Å²) in [6, 6.07) is 3.61. The summed E-state index contributed by atoms with van der Waals surface area (Å²) < 4.78 is 11.4. The van der Waals surface area contributed by atoms with Crippen molar-refractivity contribution < 1.29 is 19.1 Å². The maximum atomic E-state index is 12.4. The third-order valence-electron chi connectivity index (χ3n) is 3.72. The SMILES string of the molecule is C=CCc1cc(/C=C2\C(=O)NC(=S)N(C)C2=O)cc(OCC)c1OCC. The predicted molar refractivity (Wildman–Crippen MR) is 104 cm³/mol. The van der Waals surface area contributed by atoms with E-state index in [4.69, 9.17) is 21.7 Å². The van der Waals surface area contributed by atoms with Gasteiger partial charge in [0.25, 0.3) is 11.8 Å². The maximum absolute atomic E-state index is 12.4. The normalized spacial score (nSPS) is 15.9. The van der Waals surface area contributed by atoms with E-state index < -0.39 is 11.8 Å². The van der Waals surface area contributed by atoms with E-state index in [2.05, 4.69) is 11.9 Å². The van der Waals surface area contributed by atoms with Crippen molar-refractivity contribution in [2.45, 2.75) is 20.3 Å². The van der Waals surface area contributed by atoms with Crippen molar-refractivity contribution in [3.63, 3.8) is 0 Å². The molecule has 7 heteroatoms. The molecule has 0 bridgehead atoms. The Balaban J connectivity index is 2.54. The number of amides is 2. The highest BCUT2D eigenvalue weighted by atomic mass is 32.1. The molecule has 1 saturated heterocycles. The summed E-state index contributed by atoms with van der Waals surface area (Å²) >= 11 is 4.96. The fourth-order valence-corrected chi connectivity index (χ4v) is 2.73. The quantitative estimate of drug-likeness (QED) is 0.344. The van der Waals surface area contributed by atoms with Crippen LogP contribution in [0.25, 0.3) is 6.08 Å². The molecular weight excluding hydrogens is 352 g/mol. The number of rotatable bonds is 7. The van der Waals surface area contributed by atoms with Crippen molar-refractivity contribution in [2.24, 2.45) is 0 Å². The fraction of sp³-hybridized carbons (Fsp3) is 0.316. The number of allylic oxidation sites excluding steroid dienone is 1. The minimum atomic E-state index is -0.518. The number of carbonyl (C=O) groups is 2. The fourth-order valence-electron chi connectivity index (χ4n) is 2.56. The van der Waals surface area contributed by atoms with Gasteiger partial charge in [0, 0.05) is 12.6 Å². The first-order valence-electron chi connectivity index (χ1n) is 8.31. The van der Waals surface area contributed by atoms with Gasteiger partial charge in [-0.25, -0.2) is 0 Å². The zero-order chi connectivity index (χ0) is 19.3. The molecule has 1 aliphatic heterocycles. The van der Waals surface area contributed by atoms with Gasteiger partial charge in [-0.2, -0.15) is 0 Å². The van der Waals surface area contributed by atoms with Crippen LogP contribution >= 0.6 is 12.2 Å². The number of carbonyl (C=O) groups excluding carboxylic acids is 2. The molecule has 1 fully saturated rings. The Morgan fingerprint density at radius 3 is 2.54 bits per heavy atom. The van der Waals surface area contributed by atoms with Gasteiger partial charge in [0.2, 0.25) is 0 Å². The second-order valence-electron chi connectivity index (χ2n) is 5.55. The van der Waals surface area contributed by atoms with E-state index in [1.165, 1.54) is 18.0 Å². The van der Waals surface area contributed by atoms with Crippen LogP contribution in [0.2, 0.25) is 0 Å². The Hall–Kier alpha value is -2.67. The van der Waals surface area contributed by atoms with E-state index in [1.54, 1.807) is 12.1 Å². The molecule has 0 aliphatic carbocycles. The molecule has 1 aliphatic rings. The second kappa shape index (κ2) is 8.62. The summed E-state index contributed by atoms with van der Waals surface area (Å²) in [5.74, 6) is 0.244. The van der Waals surface area contributed by atoms with E-state index >= 15 is 0 Å². The van der Waals surface area contributed by atoms with Crippen LogP contribution in [0.3, 0.4) is 0 Å². The van der Waals surface area contributed by atoms with Gasteiger partial charge in [-0.15, -0.1) is 6.58 Å². The molecule has 1 aromatic carbocycles. The highest BCUT2D eigenvalue weighted by Gasteiger charge is 2.30. The summed E-state index contributed by atoms with van der Waals surface area (Å²) in [4.78, 5) is 25.8. The Bertz CT molecular complexity index is 786. The van der Waals surface area contributed by atoms with E-state index in [-0.39, 0.29) is 10.7 Å². The first-order chi connectivity index (χ1) is 12.4. The molecule has 2 rings (SSSR count). The molecule has 1 N–H and O–H groups in total. The van der Waals surface area contributed by atoms with E-state index in [9.17, 15) is 9.59 Å².